The van der Waals surface area contributed by atoms with Crippen LogP contribution in [0.3, 0.4) is 0 Å². The summed E-state index contributed by atoms with van der Waals surface area (Å²) in [5.41, 5.74) is 0.834. The Morgan fingerprint density at radius 2 is 2.29 bits per heavy atom. The summed E-state index contributed by atoms with van der Waals surface area (Å²) in [5, 5.41) is 17.6. The van der Waals surface area contributed by atoms with Crippen LogP contribution in [0.1, 0.15) is 12.6 Å². The van der Waals surface area contributed by atoms with Gasteiger partial charge in [-0.25, -0.2) is 4.98 Å². The minimum absolute atomic E-state index is 0.0261. The van der Waals surface area contributed by atoms with Crippen molar-refractivity contribution in [2.24, 2.45) is 0 Å². The van der Waals surface area contributed by atoms with Gasteiger partial charge in [-0.2, -0.15) is 0 Å². The van der Waals surface area contributed by atoms with Gasteiger partial charge in [0.15, 0.2) is 0 Å². The second kappa shape index (κ2) is 5.51. The molecule has 1 aromatic heterocycles. The molecule has 0 aliphatic heterocycles. The van der Waals surface area contributed by atoms with Crippen molar-refractivity contribution in [1.29, 1.82) is 0 Å². The summed E-state index contributed by atoms with van der Waals surface area (Å²) in [4.78, 5) is 8.05. The zero-order chi connectivity index (χ0) is 10.4. The van der Waals surface area contributed by atoms with E-state index in [1.807, 2.05) is 6.92 Å². The van der Waals surface area contributed by atoms with Gasteiger partial charge < -0.3 is 14.9 Å². The topological polar surface area (TPSA) is 75.5 Å². The molecule has 1 heterocycles. The first kappa shape index (κ1) is 10.9. The van der Waals surface area contributed by atoms with Gasteiger partial charge in [-0.05, 0) is 6.42 Å². The Balaban J connectivity index is 2.50. The molecule has 0 radical (unpaired) electrons. The molecule has 0 saturated carbocycles. The summed E-state index contributed by atoms with van der Waals surface area (Å²) >= 11 is 0. The average molecular weight is 198 g/mol. The number of hydrogen-bond donors (Lipinski definition) is 2. The number of aryl methyl sites for hydroxylation is 1. The molecule has 0 spiro atoms. The van der Waals surface area contributed by atoms with Gasteiger partial charge >= 0.3 is 0 Å². The monoisotopic (exact) mass is 198 g/mol. The minimum atomic E-state index is -0.873. The van der Waals surface area contributed by atoms with Crippen LogP contribution in [0.5, 0.6) is 5.88 Å². The summed E-state index contributed by atoms with van der Waals surface area (Å²) in [6, 6.07) is 0. The fourth-order valence-electron chi connectivity index (χ4n) is 0.861. The van der Waals surface area contributed by atoms with Crippen LogP contribution in [0.25, 0.3) is 0 Å². The smallest absolute Gasteiger partial charge is 0.232 e. The van der Waals surface area contributed by atoms with Crippen molar-refractivity contribution in [2.45, 2.75) is 19.4 Å². The predicted molar refractivity (Wildman–Crippen MR) is 50.0 cm³/mol. The Bertz CT molecular complexity index is 281. The molecular weight excluding hydrogens is 184 g/mol. The van der Waals surface area contributed by atoms with Crippen molar-refractivity contribution in [3.8, 4) is 5.88 Å². The van der Waals surface area contributed by atoms with Crippen molar-refractivity contribution in [3.63, 3.8) is 0 Å². The van der Waals surface area contributed by atoms with Gasteiger partial charge in [0.2, 0.25) is 5.88 Å². The fraction of sp³-hybridized carbons (Fsp3) is 0.556. The van der Waals surface area contributed by atoms with E-state index in [1.54, 1.807) is 6.20 Å². The lowest BCUT2D eigenvalue weighted by Crippen LogP contribution is -2.21. The molecule has 1 unspecified atom stereocenters. The minimum Gasteiger partial charge on any atom is -0.474 e. The van der Waals surface area contributed by atoms with E-state index in [2.05, 4.69) is 9.97 Å². The molecule has 0 aromatic carbocycles. The summed E-state index contributed by atoms with van der Waals surface area (Å²) in [7, 11) is 0. The van der Waals surface area contributed by atoms with Gasteiger partial charge in [0.25, 0.3) is 0 Å². The van der Waals surface area contributed by atoms with Gasteiger partial charge in [-0.1, -0.05) is 6.92 Å². The molecular formula is C9H14N2O3. The number of hydrogen-bond acceptors (Lipinski definition) is 5. The summed E-state index contributed by atoms with van der Waals surface area (Å²) in [6.07, 6.45) is 3.05. The van der Waals surface area contributed by atoms with Crippen LogP contribution < -0.4 is 4.74 Å². The molecule has 1 aromatic rings. The molecule has 5 heteroatoms. The summed E-state index contributed by atoms with van der Waals surface area (Å²) in [5.74, 6) is 0.372. The molecule has 0 bridgehead atoms. The Morgan fingerprint density at radius 3 is 2.93 bits per heavy atom. The van der Waals surface area contributed by atoms with Crippen LogP contribution in [0, 0.1) is 0 Å². The Hall–Kier alpha value is -1.20. The van der Waals surface area contributed by atoms with E-state index in [0.29, 0.717) is 5.88 Å². The van der Waals surface area contributed by atoms with E-state index < -0.39 is 6.10 Å². The maximum absolute atomic E-state index is 9.02. The van der Waals surface area contributed by atoms with Crippen LogP contribution in [-0.4, -0.2) is 39.5 Å². The number of rotatable bonds is 5. The molecule has 0 aliphatic carbocycles. The van der Waals surface area contributed by atoms with E-state index >= 15 is 0 Å². The maximum atomic E-state index is 9.02. The molecule has 0 fully saturated rings. The molecule has 14 heavy (non-hydrogen) atoms. The van der Waals surface area contributed by atoms with Gasteiger partial charge in [0.05, 0.1) is 18.5 Å². The van der Waals surface area contributed by atoms with E-state index in [1.165, 1.54) is 6.20 Å². The van der Waals surface area contributed by atoms with Gasteiger partial charge in [0, 0.05) is 6.20 Å². The SMILES string of the molecule is CCc1cncc(OCC(O)CO)n1. The highest BCUT2D eigenvalue weighted by Crippen LogP contribution is 2.05. The van der Waals surface area contributed by atoms with E-state index in [4.69, 9.17) is 14.9 Å². The van der Waals surface area contributed by atoms with Crippen molar-refractivity contribution < 1.29 is 14.9 Å². The number of nitrogens with zero attached hydrogens (tertiary/aromatic N) is 2. The molecule has 1 atom stereocenters. The third-order valence-corrected chi connectivity index (χ3v) is 1.66. The summed E-state index contributed by atoms with van der Waals surface area (Å²) in [6.45, 7) is 1.68. The first-order valence-electron chi connectivity index (χ1n) is 4.49. The van der Waals surface area contributed by atoms with Crippen LogP contribution >= 0.6 is 0 Å². The molecule has 0 amide bonds. The van der Waals surface area contributed by atoms with Gasteiger partial charge in [0.1, 0.15) is 12.7 Å². The van der Waals surface area contributed by atoms with E-state index in [-0.39, 0.29) is 13.2 Å². The Kier molecular flexibility index (Phi) is 4.28. The number of aliphatic hydroxyl groups is 2. The van der Waals surface area contributed by atoms with Crippen molar-refractivity contribution in [3.05, 3.63) is 18.1 Å². The van der Waals surface area contributed by atoms with E-state index in [0.717, 1.165) is 12.1 Å². The van der Waals surface area contributed by atoms with Crippen LogP contribution in [0.4, 0.5) is 0 Å². The van der Waals surface area contributed by atoms with Crippen LogP contribution in [-0.2, 0) is 6.42 Å². The lowest BCUT2D eigenvalue weighted by molar-refractivity contribution is 0.0519. The molecule has 0 saturated heterocycles. The van der Waals surface area contributed by atoms with Crippen LogP contribution in [0.2, 0.25) is 0 Å². The quantitative estimate of drug-likeness (QED) is 0.683. The van der Waals surface area contributed by atoms with Gasteiger partial charge in [-0.3, -0.25) is 4.98 Å². The van der Waals surface area contributed by atoms with Gasteiger partial charge in [-0.15, -0.1) is 0 Å². The molecule has 5 nitrogen and oxygen atoms in total. The fourth-order valence-corrected chi connectivity index (χ4v) is 0.861. The molecule has 2 N–H and O–H groups in total. The highest BCUT2D eigenvalue weighted by atomic mass is 16.5. The lowest BCUT2D eigenvalue weighted by Gasteiger charge is -2.08. The standard InChI is InChI=1S/C9H14N2O3/c1-2-7-3-10-4-9(11-7)14-6-8(13)5-12/h3-4,8,12-13H,2,5-6H2,1H3. The zero-order valence-corrected chi connectivity index (χ0v) is 8.05. The lowest BCUT2D eigenvalue weighted by atomic mass is 10.3. The number of aromatic nitrogens is 2. The predicted octanol–water partition coefficient (Wildman–Crippen LogP) is -0.229. The average Bonchev–Trinajstić information content (AvgIpc) is 2.26. The highest BCUT2D eigenvalue weighted by molar-refractivity contribution is 5.08. The highest BCUT2D eigenvalue weighted by Gasteiger charge is 2.04. The van der Waals surface area contributed by atoms with Crippen molar-refractivity contribution in [2.75, 3.05) is 13.2 Å². The van der Waals surface area contributed by atoms with E-state index in [9.17, 15) is 0 Å². The van der Waals surface area contributed by atoms with Crippen molar-refractivity contribution in [1.82, 2.24) is 9.97 Å². The molecule has 1 rings (SSSR count). The molecule has 0 aliphatic rings. The molecule has 78 valence electrons. The first-order chi connectivity index (χ1) is 6.76. The third-order valence-electron chi connectivity index (χ3n) is 1.66. The number of aliphatic hydroxyl groups excluding tert-OH is 2. The summed E-state index contributed by atoms with van der Waals surface area (Å²) < 4.78 is 5.12. The van der Waals surface area contributed by atoms with Crippen molar-refractivity contribution >= 4 is 0 Å². The Labute approximate surface area is 82.4 Å². The first-order valence-corrected chi connectivity index (χ1v) is 4.49. The third kappa shape index (κ3) is 3.27. The largest absolute Gasteiger partial charge is 0.474 e. The Morgan fingerprint density at radius 1 is 1.50 bits per heavy atom. The normalized spacial score (nSPS) is 12.5. The second-order valence-corrected chi connectivity index (χ2v) is 2.85. The maximum Gasteiger partial charge on any atom is 0.232 e. The van der Waals surface area contributed by atoms with Crippen LogP contribution in [0.15, 0.2) is 12.4 Å². The number of ether oxygens (including phenoxy) is 1. The second-order valence-electron chi connectivity index (χ2n) is 2.85. The zero-order valence-electron chi connectivity index (χ0n) is 8.05.